The first-order valence-corrected chi connectivity index (χ1v) is 6.42. The lowest BCUT2D eigenvalue weighted by molar-refractivity contribution is 0.179. The van der Waals surface area contributed by atoms with Gasteiger partial charge in [0.1, 0.15) is 5.76 Å². The summed E-state index contributed by atoms with van der Waals surface area (Å²) in [7, 11) is 2.15. The maximum atomic E-state index is 5.90. The molecule has 0 aliphatic heterocycles. The van der Waals surface area contributed by atoms with E-state index in [1.807, 2.05) is 13.0 Å². The Kier molecular flexibility index (Phi) is 5.22. The molecule has 0 spiro atoms. The van der Waals surface area contributed by atoms with Crippen molar-refractivity contribution in [3.05, 3.63) is 23.7 Å². The third kappa shape index (κ3) is 4.17. The molecule has 0 bridgehead atoms. The van der Waals surface area contributed by atoms with Gasteiger partial charge in [0.05, 0.1) is 6.26 Å². The molecule has 0 amide bonds. The Bertz CT molecular complexity index is 335. The summed E-state index contributed by atoms with van der Waals surface area (Å²) in [5.41, 5.74) is 7.39. The fourth-order valence-electron chi connectivity index (χ4n) is 2.42. The summed E-state index contributed by atoms with van der Waals surface area (Å²) in [6.45, 7) is 9.21. The molecule has 1 unspecified atom stereocenters. The molecule has 0 saturated carbocycles. The summed E-state index contributed by atoms with van der Waals surface area (Å²) < 4.78 is 5.32. The lowest BCUT2D eigenvalue weighted by Gasteiger charge is -2.32. The monoisotopic (exact) mass is 238 g/mol. The third-order valence-electron chi connectivity index (χ3n) is 3.40. The van der Waals surface area contributed by atoms with Crippen LogP contribution in [0.1, 0.15) is 38.0 Å². The van der Waals surface area contributed by atoms with Gasteiger partial charge in [-0.25, -0.2) is 0 Å². The minimum absolute atomic E-state index is 0.223. The van der Waals surface area contributed by atoms with Gasteiger partial charge < -0.3 is 15.1 Å². The van der Waals surface area contributed by atoms with Crippen LogP contribution in [-0.4, -0.2) is 25.0 Å². The molecular formula is C14H26N2O. The van der Waals surface area contributed by atoms with Crippen molar-refractivity contribution in [2.24, 2.45) is 11.1 Å². The van der Waals surface area contributed by atoms with Gasteiger partial charge in [0, 0.05) is 18.7 Å². The van der Waals surface area contributed by atoms with Crippen molar-refractivity contribution in [3.63, 3.8) is 0 Å². The number of aryl methyl sites for hydroxylation is 1. The molecule has 0 aromatic carbocycles. The summed E-state index contributed by atoms with van der Waals surface area (Å²) in [4.78, 5) is 2.33. The molecule has 0 fully saturated rings. The lowest BCUT2D eigenvalue weighted by atomic mass is 9.85. The van der Waals surface area contributed by atoms with Crippen LogP contribution in [0.15, 0.2) is 16.7 Å². The Balaban J connectivity index is 2.53. The van der Waals surface area contributed by atoms with Crippen LogP contribution in [0.2, 0.25) is 0 Å². The molecule has 1 rings (SSSR count). The van der Waals surface area contributed by atoms with E-state index in [-0.39, 0.29) is 5.41 Å². The molecule has 0 aliphatic carbocycles. The highest BCUT2D eigenvalue weighted by Gasteiger charge is 2.23. The number of rotatable bonds is 7. The zero-order valence-corrected chi connectivity index (χ0v) is 11.6. The summed E-state index contributed by atoms with van der Waals surface area (Å²) in [6.07, 6.45) is 4.12. The Hall–Kier alpha value is -0.800. The highest BCUT2D eigenvalue weighted by Crippen LogP contribution is 2.23. The second kappa shape index (κ2) is 6.22. The topological polar surface area (TPSA) is 42.4 Å². The second-order valence-electron chi connectivity index (χ2n) is 5.44. The van der Waals surface area contributed by atoms with Crippen molar-refractivity contribution >= 4 is 0 Å². The van der Waals surface area contributed by atoms with Gasteiger partial charge in [-0.3, -0.25) is 0 Å². The summed E-state index contributed by atoms with van der Waals surface area (Å²) in [6, 6.07) is 2.05. The van der Waals surface area contributed by atoms with Crippen molar-refractivity contribution in [2.75, 3.05) is 20.1 Å². The molecule has 0 aliphatic rings. The van der Waals surface area contributed by atoms with Crippen LogP contribution in [0.4, 0.5) is 0 Å². The van der Waals surface area contributed by atoms with E-state index in [2.05, 4.69) is 25.8 Å². The van der Waals surface area contributed by atoms with E-state index < -0.39 is 0 Å². The predicted octanol–water partition coefficient (Wildman–Crippen LogP) is 2.78. The van der Waals surface area contributed by atoms with E-state index in [1.165, 1.54) is 18.4 Å². The van der Waals surface area contributed by atoms with Crippen molar-refractivity contribution in [2.45, 2.75) is 40.2 Å². The highest BCUT2D eigenvalue weighted by molar-refractivity contribution is 5.15. The van der Waals surface area contributed by atoms with Gasteiger partial charge in [-0.2, -0.15) is 0 Å². The molecule has 1 aromatic rings. The maximum Gasteiger partial charge on any atom is 0.105 e. The van der Waals surface area contributed by atoms with Crippen LogP contribution >= 0.6 is 0 Å². The van der Waals surface area contributed by atoms with Crippen LogP contribution in [-0.2, 0) is 6.54 Å². The Morgan fingerprint density at radius 1 is 1.47 bits per heavy atom. The number of furan rings is 1. The van der Waals surface area contributed by atoms with Gasteiger partial charge in [-0.15, -0.1) is 0 Å². The SMILES string of the molecule is CCCC(C)(CN)CN(C)Cc1ccoc1C. The van der Waals surface area contributed by atoms with Crippen molar-refractivity contribution in [3.8, 4) is 0 Å². The van der Waals surface area contributed by atoms with E-state index in [0.717, 1.165) is 25.4 Å². The van der Waals surface area contributed by atoms with Gasteiger partial charge in [-0.1, -0.05) is 20.3 Å². The molecule has 3 nitrogen and oxygen atoms in total. The van der Waals surface area contributed by atoms with Gasteiger partial charge >= 0.3 is 0 Å². The summed E-state index contributed by atoms with van der Waals surface area (Å²) >= 11 is 0. The van der Waals surface area contributed by atoms with E-state index >= 15 is 0 Å². The lowest BCUT2D eigenvalue weighted by Crippen LogP contribution is -2.38. The van der Waals surface area contributed by atoms with Crippen molar-refractivity contribution < 1.29 is 4.42 Å². The van der Waals surface area contributed by atoms with Crippen LogP contribution < -0.4 is 5.73 Å². The van der Waals surface area contributed by atoms with E-state index in [4.69, 9.17) is 10.2 Å². The molecule has 1 aromatic heterocycles. The third-order valence-corrected chi connectivity index (χ3v) is 3.40. The fourth-order valence-corrected chi connectivity index (χ4v) is 2.42. The molecule has 0 radical (unpaired) electrons. The van der Waals surface area contributed by atoms with Gasteiger partial charge in [0.2, 0.25) is 0 Å². The quantitative estimate of drug-likeness (QED) is 0.794. The molecule has 1 atom stereocenters. The zero-order chi connectivity index (χ0) is 12.9. The first-order chi connectivity index (χ1) is 8.00. The first-order valence-electron chi connectivity index (χ1n) is 6.42. The zero-order valence-electron chi connectivity index (χ0n) is 11.6. The van der Waals surface area contributed by atoms with E-state index in [1.54, 1.807) is 6.26 Å². The molecule has 1 heterocycles. The Labute approximate surface area is 105 Å². The van der Waals surface area contributed by atoms with Crippen molar-refractivity contribution in [1.82, 2.24) is 4.90 Å². The maximum absolute atomic E-state index is 5.90. The van der Waals surface area contributed by atoms with Gasteiger partial charge in [0.25, 0.3) is 0 Å². The standard InChI is InChI=1S/C14H26N2O/c1-5-7-14(3,10-15)11-16(4)9-13-6-8-17-12(13)2/h6,8H,5,7,9-11,15H2,1-4H3. The first kappa shape index (κ1) is 14.3. The minimum atomic E-state index is 0.223. The van der Waals surface area contributed by atoms with Crippen LogP contribution in [0.5, 0.6) is 0 Å². The minimum Gasteiger partial charge on any atom is -0.469 e. The molecular weight excluding hydrogens is 212 g/mol. The Morgan fingerprint density at radius 2 is 2.18 bits per heavy atom. The molecule has 98 valence electrons. The fraction of sp³-hybridized carbons (Fsp3) is 0.714. The highest BCUT2D eigenvalue weighted by atomic mass is 16.3. The molecule has 0 saturated heterocycles. The van der Waals surface area contributed by atoms with Crippen LogP contribution in [0, 0.1) is 12.3 Å². The normalized spacial score (nSPS) is 15.2. The molecule has 3 heteroatoms. The summed E-state index contributed by atoms with van der Waals surface area (Å²) in [5.74, 6) is 1.02. The summed E-state index contributed by atoms with van der Waals surface area (Å²) in [5, 5.41) is 0. The Morgan fingerprint density at radius 3 is 2.65 bits per heavy atom. The average Bonchev–Trinajstić information content (AvgIpc) is 2.64. The number of hydrogen-bond donors (Lipinski definition) is 1. The van der Waals surface area contributed by atoms with Crippen LogP contribution in [0.25, 0.3) is 0 Å². The van der Waals surface area contributed by atoms with Crippen molar-refractivity contribution in [1.29, 1.82) is 0 Å². The van der Waals surface area contributed by atoms with Gasteiger partial charge in [-0.05, 0) is 38.4 Å². The van der Waals surface area contributed by atoms with Gasteiger partial charge in [0.15, 0.2) is 0 Å². The van der Waals surface area contributed by atoms with E-state index in [9.17, 15) is 0 Å². The number of nitrogens with zero attached hydrogens (tertiary/aromatic N) is 1. The molecule has 17 heavy (non-hydrogen) atoms. The smallest absolute Gasteiger partial charge is 0.105 e. The average molecular weight is 238 g/mol. The molecule has 2 N–H and O–H groups in total. The van der Waals surface area contributed by atoms with E-state index in [0.29, 0.717) is 0 Å². The number of hydrogen-bond acceptors (Lipinski definition) is 3. The number of nitrogens with two attached hydrogens (primary N) is 1. The second-order valence-corrected chi connectivity index (χ2v) is 5.44. The predicted molar refractivity (Wildman–Crippen MR) is 71.8 cm³/mol. The van der Waals surface area contributed by atoms with Crippen LogP contribution in [0.3, 0.4) is 0 Å². The largest absolute Gasteiger partial charge is 0.469 e.